The maximum Gasteiger partial charge on any atom is 0.338 e. The van der Waals surface area contributed by atoms with Gasteiger partial charge in [0.05, 0.1) is 29.3 Å². The van der Waals surface area contributed by atoms with Crippen LogP contribution in [0.25, 0.3) is 0 Å². The molecule has 4 aliphatic rings. The molecule has 11 nitrogen and oxygen atoms in total. The van der Waals surface area contributed by atoms with Gasteiger partial charge in [0.25, 0.3) is 0 Å². The first-order chi connectivity index (χ1) is 20.5. The Kier molecular flexibility index (Phi) is 8.00. The fourth-order valence-corrected chi connectivity index (χ4v) is 8.39. The van der Waals surface area contributed by atoms with Crippen molar-refractivity contribution in [1.29, 1.82) is 0 Å². The van der Waals surface area contributed by atoms with Gasteiger partial charge in [0.2, 0.25) is 0 Å². The third-order valence-electron chi connectivity index (χ3n) is 10.6. The van der Waals surface area contributed by atoms with Crippen LogP contribution < -0.4 is 0 Å². The van der Waals surface area contributed by atoms with Gasteiger partial charge in [0.15, 0.2) is 12.2 Å². The van der Waals surface area contributed by atoms with E-state index in [1.807, 2.05) is 0 Å². The van der Waals surface area contributed by atoms with Gasteiger partial charge >= 0.3 is 23.9 Å². The van der Waals surface area contributed by atoms with Gasteiger partial charge < -0.3 is 33.9 Å². The van der Waals surface area contributed by atoms with Gasteiger partial charge in [0, 0.05) is 44.9 Å². The van der Waals surface area contributed by atoms with Gasteiger partial charge in [-0.05, 0) is 50.5 Å². The van der Waals surface area contributed by atoms with E-state index < -0.39 is 82.3 Å². The molecule has 5 rings (SSSR count). The lowest BCUT2D eigenvalue weighted by Crippen LogP contribution is -2.75. The molecule has 11 heteroatoms. The zero-order chi connectivity index (χ0) is 32.4. The molecule has 0 aromatic heterocycles. The van der Waals surface area contributed by atoms with E-state index in [9.17, 15) is 29.4 Å². The van der Waals surface area contributed by atoms with Crippen LogP contribution in [0.2, 0.25) is 0 Å². The molecule has 1 heterocycles. The van der Waals surface area contributed by atoms with Crippen molar-refractivity contribution in [3.05, 3.63) is 47.0 Å². The quantitative estimate of drug-likeness (QED) is 0.276. The number of esters is 4. The summed E-state index contributed by atoms with van der Waals surface area (Å²) < 4.78 is 29.9. The zero-order valence-corrected chi connectivity index (χ0v) is 26.2. The number of rotatable bonds is 6. The van der Waals surface area contributed by atoms with E-state index in [1.54, 1.807) is 58.0 Å². The third-order valence-corrected chi connectivity index (χ3v) is 10.6. The highest BCUT2D eigenvalue weighted by molar-refractivity contribution is 5.89. The largest absolute Gasteiger partial charge is 0.462 e. The van der Waals surface area contributed by atoms with Crippen molar-refractivity contribution >= 4 is 23.9 Å². The molecule has 1 aliphatic heterocycles. The second kappa shape index (κ2) is 11.0. The number of hydrogen-bond donors (Lipinski definition) is 2. The van der Waals surface area contributed by atoms with Crippen molar-refractivity contribution in [3.63, 3.8) is 0 Å². The molecule has 2 N–H and O–H groups in total. The molecule has 9 atom stereocenters. The number of carbonyl (C=O) groups is 4. The van der Waals surface area contributed by atoms with Gasteiger partial charge in [-0.15, -0.1) is 0 Å². The van der Waals surface area contributed by atoms with Crippen molar-refractivity contribution < 1.29 is 53.1 Å². The molecule has 0 unspecified atom stereocenters. The molecule has 0 bridgehead atoms. The Bertz CT molecular complexity index is 1380. The molecule has 44 heavy (non-hydrogen) atoms. The SMILES string of the molecule is CC(=O)O[C@H]1C[C@@]2(C(C)(C)O)C[C@@H]3[C@]4(O)CO[C@@H]4C[C@H](OC(C)=O)[C@@]3(C)[C@@H](OC(C)=O)[C@H](OC(=O)c3ccccc3)C2=C1C. The highest BCUT2D eigenvalue weighted by atomic mass is 16.6. The zero-order valence-electron chi connectivity index (χ0n) is 26.2. The fourth-order valence-electron chi connectivity index (χ4n) is 8.39. The van der Waals surface area contributed by atoms with Gasteiger partial charge in [0.1, 0.15) is 17.8 Å². The van der Waals surface area contributed by atoms with Crippen LogP contribution in [0.15, 0.2) is 41.5 Å². The molecule has 1 aromatic rings. The highest BCUT2D eigenvalue weighted by Gasteiger charge is 2.75. The average Bonchev–Trinajstić information content (AvgIpc) is 3.15. The first kappa shape index (κ1) is 32.1. The first-order valence-electron chi connectivity index (χ1n) is 15.0. The number of benzene rings is 1. The Balaban J connectivity index is 1.82. The molecule has 3 fully saturated rings. The van der Waals surface area contributed by atoms with Crippen LogP contribution in [-0.4, -0.2) is 82.4 Å². The summed E-state index contributed by atoms with van der Waals surface area (Å²) in [5.41, 5.74) is -4.29. The lowest BCUT2D eigenvalue weighted by atomic mass is 9.51. The predicted octanol–water partition coefficient (Wildman–Crippen LogP) is 3.04. The van der Waals surface area contributed by atoms with Crippen LogP contribution in [-0.2, 0) is 38.1 Å². The summed E-state index contributed by atoms with van der Waals surface area (Å²) in [5, 5.41) is 24.3. The molecular formula is C33H42O11. The molecular weight excluding hydrogens is 572 g/mol. The van der Waals surface area contributed by atoms with E-state index in [4.69, 9.17) is 23.7 Å². The number of ether oxygens (including phenoxy) is 5. The van der Waals surface area contributed by atoms with Crippen molar-refractivity contribution in [3.8, 4) is 0 Å². The Hall–Kier alpha value is -3.28. The van der Waals surface area contributed by atoms with Crippen LogP contribution in [0.4, 0.5) is 0 Å². The normalized spacial score (nSPS) is 37.8. The molecule has 2 saturated carbocycles. The first-order valence-corrected chi connectivity index (χ1v) is 15.0. The number of hydrogen-bond acceptors (Lipinski definition) is 11. The maximum atomic E-state index is 13.8. The smallest absolute Gasteiger partial charge is 0.338 e. The van der Waals surface area contributed by atoms with Crippen molar-refractivity contribution in [2.24, 2.45) is 16.7 Å². The van der Waals surface area contributed by atoms with E-state index >= 15 is 0 Å². The second-order valence-electron chi connectivity index (χ2n) is 13.5. The molecule has 1 aromatic carbocycles. The summed E-state index contributed by atoms with van der Waals surface area (Å²) in [4.78, 5) is 51.4. The van der Waals surface area contributed by atoms with Gasteiger partial charge in [-0.2, -0.15) is 0 Å². The maximum absolute atomic E-state index is 13.8. The number of carbonyl (C=O) groups excluding carboxylic acids is 4. The monoisotopic (exact) mass is 614 g/mol. The molecule has 0 spiro atoms. The number of aliphatic hydroxyl groups is 2. The lowest BCUT2D eigenvalue weighted by Gasteiger charge is -2.63. The summed E-state index contributed by atoms with van der Waals surface area (Å²) in [5.74, 6) is -3.29. The molecule has 240 valence electrons. The minimum atomic E-state index is -1.52. The Morgan fingerprint density at radius 3 is 2.07 bits per heavy atom. The average molecular weight is 615 g/mol. The number of fused-ring (bicyclic) bond motifs is 4. The van der Waals surface area contributed by atoms with E-state index in [0.717, 1.165) is 0 Å². The minimum Gasteiger partial charge on any atom is -0.462 e. The Labute approximate surface area is 256 Å². The molecule has 1 saturated heterocycles. The molecule has 0 radical (unpaired) electrons. The van der Waals surface area contributed by atoms with Gasteiger partial charge in [-0.25, -0.2) is 4.79 Å². The lowest BCUT2D eigenvalue weighted by molar-refractivity contribution is -0.335. The third kappa shape index (κ3) is 4.93. The topological polar surface area (TPSA) is 155 Å². The van der Waals surface area contributed by atoms with Gasteiger partial charge in [-0.3, -0.25) is 14.4 Å². The summed E-state index contributed by atoms with van der Waals surface area (Å²) >= 11 is 0. The Morgan fingerprint density at radius 1 is 0.932 bits per heavy atom. The summed E-state index contributed by atoms with van der Waals surface area (Å²) in [6, 6.07) is 8.31. The minimum absolute atomic E-state index is 0.0285. The van der Waals surface area contributed by atoms with E-state index in [-0.39, 0.29) is 31.4 Å². The Morgan fingerprint density at radius 2 is 1.55 bits per heavy atom. The van der Waals surface area contributed by atoms with E-state index in [2.05, 4.69) is 0 Å². The fraction of sp³-hybridized carbons (Fsp3) is 0.636. The van der Waals surface area contributed by atoms with Crippen molar-refractivity contribution in [2.75, 3.05) is 6.61 Å². The predicted molar refractivity (Wildman–Crippen MR) is 154 cm³/mol. The molecule has 3 aliphatic carbocycles. The van der Waals surface area contributed by atoms with Crippen LogP contribution in [0.5, 0.6) is 0 Å². The van der Waals surface area contributed by atoms with Crippen LogP contribution in [0.3, 0.4) is 0 Å². The van der Waals surface area contributed by atoms with Gasteiger partial charge in [-0.1, -0.05) is 25.1 Å². The van der Waals surface area contributed by atoms with Crippen LogP contribution in [0, 0.1) is 16.7 Å². The van der Waals surface area contributed by atoms with Crippen LogP contribution >= 0.6 is 0 Å². The standard InChI is InChI=1S/C33H42O11/c1-17-22(41-18(2)34)14-32(30(5,6)38)15-23-31(7,24(42-19(3)35)13-25-33(23,39)16-40-25)28(43-20(4)36)27(26(17)32)44-29(37)21-11-9-8-10-12-21/h8-12,22-25,27-28,38-39H,13-16H2,1-7H3/t22-,23-,24-,25+,27+,28-,31-,32+,33+/m0/s1. The van der Waals surface area contributed by atoms with Crippen LogP contribution in [0.1, 0.15) is 78.1 Å². The summed E-state index contributed by atoms with van der Waals surface area (Å²) in [6.45, 7) is 10.5. The molecule has 0 amide bonds. The van der Waals surface area contributed by atoms with Crippen molar-refractivity contribution in [1.82, 2.24) is 0 Å². The summed E-state index contributed by atoms with van der Waals surface area (Å²) in [7, 11) is 0. The summed E-state index contributed by atoms with van der Waals surface area (Å²) in [6.07, 6.45) is -4.65. The van der Waals surface area contributed by atoms with Crippen molar-refractivity contribution in [2.45, 2.75) is 109 Å². The second-order valence-corrected chi connectivity index (χ2v) is 13.5. The van der Waals surface area contributed by atoms with E-state index in [1.165, 1.54) is 20.8 Å². The van der Waals surface area contributed by atoms with E-state index in [0.29, 0.717) is 11.1 Å². The highest BCUT2D eigenvalue weighted by Crippen LogP contribution is 2.67.